The Balaban J connectivity index is 2.01. The van der Waals surface area contributed by atoms with E-state index in [1.165, 1.54) is 0 Å². The first kappa shape index (κ1) is 18.9. The number of halogens is 1. The van der Waals surface area contributed by atoms with Gasteiger partial charge in [0.15, 0.2) is 0 Å². The van der Waals surface area contributed by atoms with Crippen molar-refractivity contribution in [2.45, 2.75) is 26.3 Å². The molecule has 0 fully saturated rings. The maximum atomic E-state index is 12.1. The van der Waals surface area contributed by atoms with Crippen molar-refractivity contribution in [2.24, 2.45) is 5.10 Å². The van der Waals surface area contributed by atoms with Gasteiger partial charge in [-0.15, -0.1) is 0 Å². The summed E-state index contributed by atoms with van der Waals surface area (Å²) in [4.78, 5) is 12.1. The molecule has 2 rings (SSSR count). The minimum absolute atomic E-state index is 0.364. The molecule has 0 heterocycles. The van der Waals surface area contributed by atoms with Gasteiger partial charge in [0.1, 0.15) is 0 Å². The Morgan fingerprint density at radius 2 is 1.92 bits per heavy atom. The van der Waals surface area contributed by atoms with Gasteiger partial charge >= 0.3 is 6.03 Å². The molecule has 0 aliphatic heterocycles. The van der Waals surface area contributed by atoms with Crippen LogP contribution >= 0.6 is 15.9 Å². The summed E-state index contributed by atoms with van der Waals surface area (Å²) in [6.45, 7) is 9.82. The number of nitrogens with zero attached hydrogens (tertiary/aromatic N) is 1. The predicted octanol–water partition coefficient (Wildman–Crippen LogP) is 5.05. The fourth-order valence-electron chi connectivity index (χ4n) is 2.31. The molecule has 2 amide bonds. The molecule has 0 spiro atoms. The standard InChI is InChI=1S/C20H22BrN3O/c1-14(2)16-8-6-9-17(12-16)20(3,4)23-19(25)24-22-13-15-7-5-10-18(21)11-15/h5-13H,1H2,2-4H3,(H2,23,24,25). The van der Waals surface area contributed by atoms with Gasteiger partial charge in [-0.2, -0.15) is 5.10 Å². The van der Waals surface area contributed by atoms with Crippen molar-refractivity contribution in [1.29, 1.82) is 0 Å². The molecule has 0 radical (unpaired) electrons. The van der Waals surface area contributed by atoms with Crippen molar-refractivity contribution in [3.8, 4) is 0 Å². The number of hydrogen-bond donors (Lipinski definition) is 2. The molecule has 2 N–H and O–H groups in total. The van der Waals surface area contributed by atoms with Crippen LogP contribution in [0.4, 0.5) is 4.79 Å². The summed E-state index contributed by atoms with van der Waals surface area (Å²) in [5.41, 5.74) is 5.89. The second-order valence-electron chi connectivity index (χ2n) is 6.37. The summed E-state index contributed by atoms with van der Waals surface area (Å²) < 4.78 is 0.958. The minimum atomic E-state index is -0.541. The monoisotopic (exact) mass is 399 g/mol. The van der Waals surface area contributed by atoms with Crippen LogP contribution in [0.15, 0.2) is 64.7 Å². The van der Waals surface area contributed by atoms with Crippen molar-refractivity contribution in [3.05, 3.63) is 76.3 Å². The van der Waals surface area contributed by atoms with Gasteiger partial charge in [-0.3, -0.25) is 0 Å². The molecule has 25 heavy (non-hydrogen) atoms. The third-order valence-electron chi connectivity index (χ3n) is 3.73. The number of carbonyl (C=O) groups excluding carboxylic acids is 1. The number of nitrogens with one attached hydrogen (secondary N) is 2. The Bertz CT molecular complexity index is 812. The van der Waals surface area contributed by atoms with Crippen LogP contribution in [-0.2, 0) is 5.54 Å². The highest BCUT2D eigenvalue weighted by molar-refractivity contribution is 9.10. The second-order valence-corrected chi connectivity index (χ2v) is 7.28. The van der Waals surface area contributed by atoms with Gasteiger partial charge in [0, 0.05) is 4.47 Å². The van der Waals surface area contributed by atoms with E-state index < -0.39 is 5.54 Å². The number of carbonyl (C=O) groups is 1. The molecule has 130 valence electrons. The molecule has 0 saturated heterocycles. The van der Waals surface area contributed by atoms with Crippen molar-refractivity contribution >= 4 is 33.7 Å². The molecule has 0 saturated carbocycles. The molecule has 0 bridgehead atoms. The number of allylic oxidation sites excluding steroid dienone is 1. The lowest BCUT2D eigenvalue weighted by Crippen LogP contribution is -2.45. The average Bonchev–Trinajstić information content (AvgIpc) is 2.54. The van der Waals surface area contributed by atoms with Crippen LogP contribution in [-0.4, -0.2) is 12.2 Å². The maximum Gasteiger partial charge on any atom is 0.335 e. The Hall–Kier alpha value is -2.40. The lowest BCUT2D eigenvalue weighted by atomic mass is 9.92. The first-order chi connectivity index (χ1) is 11.8. The van der Waals surface area contributed by atoms with Crippen molar-refractivity contribution in [1.82, 2.24) is 10.7 Å². The maximum absolute atomic E-state index is 12.1. The molecular formula is C20H22BrN3O. The molecule has 4 nitrogen and oxygen atoms in total. The van der Waals surface area contributed by atoms with Crippen LogP contribution in [0.5, 0.6) is 0 Å². The highest BCUT2D eigenvalue weighted by Gasteiger charge is 2.23. The van der Waals surface area contributed by atoms with Gasteiger partial charge in [0.05, 0.1) is 11.8 Å². The number of rotatable bonds is 5. The summed E-state index contributed by atoms with van der Waals surface area (Å²) >= 11 is 3.40. The fourth-order valence-corrected chi connectivity index (χ4v) is 2.73. The van der Waals surface area contributed by atoms with Gasteiger partial charge in [0.25, 0.3) is 0 Å². The predicted molar refractivity (Wildman–Crippen MR) is 108 cm³/mol. The zero-order valence-electron chi connectivity index (χ0n) is 14.6. The number of hydrazone groups is 1. The van der Waals surface area contributed by atoms with Crippen LogP contribution in [0.3, 0.4) is 0 Å². The fraction of sp³-hybridized carbons (Fsp3) is 0.200. The van der Waals surface area contributed by atoms with Crippen molar-refractivity contribution in [2.75, 3.05) is 0 Å². The van der Waals surface area contributed by atoms with Gasteiger partial charge < -0.3 is 5.32 Å². The molecule has 0 unspecified atom stereocenters. The number of urea groups is 1. The quantitative estimate of drug-likeness (QED) is 0.536. The smallest absolute Gasteiger partial charge is 0.328 e. The number of amides is 2. The molecule has 2 aromatic rings. The van der Waals surface area contributed by atoms with E-state index >= 15 is 0 Å². The third kappa shape index (κ3) is 5.57. The second kappa shape index (κ2) is 8.12. The molecule has 5 heteroatoms. The van der Waals surface area contributed by atoms with Crippen LogP contribution in [0.1, 0.15) is 37.5 Å². The van der Waals surface area contributed by atoms with Gasteiger partial charge in [-0.25, -0.2) is 10.2 Å². The topological polar surface area (TPSA) is 53.5 Å². The van der Waals surface area contributed by atoms with E-state index in [4.69, 9.17) is 0 Å². The Morgan fingerprint density at radius 3 is 2.60 bits per heavy atom. The van der Waals surface area contributed by atoms with E-state index in [1.54, 1.807) is 6.21 Å². The van der Waals surface area contributed by atoms with Gasteiger partial charge in [-0.1, -0.05) is 58.4 Å². The van der Waals surface area contributed by atoms with Crippen molar-refractivity contribution < 1.29 is 4.79 Å². The molecule has 0 aliphatic rings. The minimum Gasteiger partial charge on any atom is -0.328 e. The van der Waals surface area contributed by atoms with Crippen LogP contribution in [0.25, 0.3) is 5.57 Å². The highest BCUT2D eigenvalue weighted by Crippen LogP contribution is 2.23. The first-order valence-corrected chi connectivity index (χ1v) is 8.70. The average molecular weight is 400 g/mol. The van der Waals surface area contributed by atoms with Crippen LogP contribution < -0.4 is 10.7 Å². The summed E-state index contributed by atoms with van der Waals surface area (Å²) in [6, 6.07) is 15.3. The van der Waals surface area contributed by atoms with E-state index in [2.05, 4.69) is 38.4 Å². The lowest BCUT2D eigenvalue weighted by molar-refractivity contribution is 0.230. The SMILES string of the molecule is C=C(C)c1cccc(C(C)(C)NC(=O)NN=Cc2cccc(Br)c2)c1. The van der Waals surface area contributed by atoms with E-state index in [0.29, 0.717) is 0 Å². The molecule has 0 atom stereocenters. The van der Waals surface area contributed by atoms with E-state index in [0.717, 1.165) is 26.7 Å². The third-order valence-corrected chi connectivity index (χ3v) is 4.22. The van der Waals surface area contributed by atoms with E-state index in [1.807, 2.05) is 69.3 Å². The Labute approximate surface area is 157 Å². The molecule has 2 aromatic carbocycles. The normalized spacial score (nSPS) is 11.4. The molecule has 0 aromatic heterocycles. The molecule has 0 aliphatic carbocycles. The first-order valence-electron chi connectivity index (χ1n) is 7.91. The zero-order valence-corrected chi connectivity index (χ0v) is 16.2. The summed E-state index contributed by atoms with van der Waals surface area (Å²) in [5.74, 6) is 0. The largest absolute Gasteiger partial charge is 0.335 e. The van der Waals surface area contributed by atoms with Gasteiger partial charge in [-0.05, 0) is 55.7 Å². The summed E-state index contributed by atoms with van der Waals surface area (Å²) in [7, 11) is 0. The highest BCUT2D eigenvalue weighted by atomic mass is 79.9. The van der Waals surface area contributed by atoms with Crippen LogP contribution in [0.2, 0.25) is 0 Å². The number of hydrogen-bond acceptors (Lipinski definition) is 2. The summed E-state index contributed by atoms with van der Waals surface area (Å²) in [5, 5.41) is 6.92. The lowest BCUT2D eigenvalue weighted by Gasteiger charge is -2.27. The Morgan fingerprint density at radius 1 is 1.20 bits per heavy atom. The summed E-state index contributed by atoms with van der Waals surface area (Å²) in [6.07, 6.45) is 1.60. The van der Waals surface area contributed by atoms with E-state index in [9.17, 15) is 4.79 Å². The zero-order chi connectivity index (χ0) is 18.4. The van der Waals surface area contributed by atoms with Crippen molar-refractivity contribution in [3.63, 3.8) is 0 Å². The Kier molecular flexibility index (Phi) is 6.15. The number of benzene rings is 2. The van der Waals surface area contributed by atoms with E-state index in [-0.39, 0.29) is 6.03 Å². The van der Waals surface area contributed by atoms with Crippen LogP contribution in [0, 0.1) is 0 Å². The molecular weight excluding hydrogens is 378 g/mol. The van der Waals surface area contributed by atoms with Gasteiger partial charge in [0.2, 0.25) is 0 Å².